The fraction of sp³-hybridized carbons (Fsp3) is 0.714. The van der Waals surface area contributed by atoms with Gasteiger partial charge >= 0.3 is 15.6 Å². The second-order valence-corrected chi connectivity index (χ2v) is 13.5. The van der Waals surface area contributed by atoms with Crippen molar-refractivity contribution in [3.63, 3.8) is 0 Å². The smallest absolute Gasteiger partial charge is 0.387 e. The number of hydrogen-bond donors (Lipinski definition) is 8. The number of rotatable bonds is 14. The summed E-state index contributed by atoms with van der Waals surface area (Å²) in [6.07, 6.45) is -7.37. The fourth-order valence-corrected chi connectivity index (χ4v) is 7.24. The lowest BCUT2D eigenvalue weighted by Gasteiger charge is -2.26. The Labute approximate surface area is 254 Å². The van der Waals surface area contributed by atoms with Gasteiger partial charge in [-0.25, -0.2) is 29.0 Å². The number of imidazole rings is 1. The van der Waals surface area contributed by atoms with Gasteiger partial charge in [-0.1, -0.05) is 0 Å². The maximum absolute atomic E-state index is 12.5. The van der Waals surface area contributed by atoms with E-state index in [1.54, 1.807) is 4.90 Å². The molecule has 12 atom stereocenters. The second-order valence-electron chi connectivity index (χ2n) is 10.5. The molecule has 3 saturated heterocycles. The third-order valence-corrected chi connectivity index (χ3v) is 10.0. The normalized spacial score (nSPS) is 35.3. The lowest BCUT2D eigenvalue weighted by Crippen LogP contribution is -2.44. The largest absolute Gasteiger partial charge is 0.481 e. The van der Waals surface area contributed by atoms with E-state index in [4.69, 9.17) is 40.5 Å². The Morgan fingerprint density at radius 1 is 0.978 bits per heavy atom. The summed E-state index contributed by atoms with van der Waals surface area (Å²) in [6.45, 7) is -1.34. The van der Waals surface area contributed by atoms with Crippen LogP contribution in [0.1, 0.15) is 19.1 Å². The van der Waals surface area contributed by atoms with Crippen LogP contribution in [0.2, 0.25) is 0 Å². The number of aromatic nitrogens is 4. The van der Waals surface area contributed by atoms with Crippen molar-refractivity contribution in [3.8, 4) is 0 Å². The molecule has 0 spiro atoms. The number of nitrogens with two attached hydrogens (primary N) is 3. The predicted molar refractivity (Wildman–Crippen MR) is 146 cm³/mol. The summed E-state index contributed by atoms with van der Waals surface area (Å²) in [5.41, 5.74) is 17.7. The zero-order valence-electron chi connectivity index (χ0n) is 23.3. The molecule has 5 heterocycles. The quantitative estimate of drug-likeness (QED) is 0.0710. The van der Waals surface area contributed by atoms with Crippen LogP contribution in [0, 0.1) is 0 Å². The summed E-state index contributed by atoms with van der Waals surface area (Å²) < 4.78 is 56.9. The van der Waals surface area contributed by atoms with Gasteiger partial charge in [-0.2, -0.15) is 4.31 Å². The molecule has 0 amide bonds. The van der Waals surface area contributed by atoms with E-state index in [1.165, 1.54) is 10.9 Å². The van der Waals surface area contributed by atoms with E-state index >= 15 is 0 Å². The van der Waals surface area contributed by atoms with Crippen molar-refractivity contribution < 1.29 is 66.6 Å². The SMILES string of the molecule is Nc1ncnc2c1ncn2[C@@H]1O[C@H](COP(=O)(O)OP(=O)(O)OC[C@H]2O[C@H]3[C@H](OC(N)N3CCC[C@@H](N)C=O)[C@@H]2O)[C@@H](O)[C@H]1O. The Hall–Kier alpha value is -2.08. The van der Waals surface area contributed by atoms with Gasteiger partial charge in [-0.15, -0.1) is 0 Å². The summed E-state index contributed by atoms with van der Waals surface area (Å²) in [5.74, 6) is 0.0602. The Balaban J connectivity index is 1.12. The molecule has 22 nitrogen and oxygen atoms in total. The van der Waals surface area contributed by atoms with Crippen molar-refractivity contribution in [1.29, 1.82) is 0 Å². The lowest BCUT2D eigenvalue weighted by atomic mass is 10.1. The van der Waals surface area contributed by atoms with Crippen molar-refractivity contribution >= 4 is 38.9 Å². The van der Waals surface area contributed by atoms with Crippen molar-refractivity contribution in [2.24, 2.45) is 11.5 Å². The summed E-state index contributed by atoms with van der Waals surface area (Å²) >= 11 is 0. The molecule has 3 aliphatic heterocycles. The average Bonchev–Trinajstić information content (AvgIpc) is 3.70. The first-order valence-corrected chi connectivity index (χ1v) is 16.5. The van der Waals surface area contributed by atoms with Crippen molar-refractivity contribution in [3.05, 3.63) is 12.7 Å². The van der Waals surface area contributed by atoms with Crippen LogP contribution < -0.4 is 17.2 Å². The van der Waals surface area contributed by atoms with Crippen LogP contribution in [-0.4, -0.2) is 131 Å². The van der Waals surface area contributed by atoms with Gasteiger partial charge < -0.3 is 55.6 Å². The number of aldehydes is 1. The van der Waals surface area contributed by atoms with Crippen LogP contribution in [0.15, 0.2) is 12.7 Å². The van der Waals surface area contributed by atoms with Crippen LogP contribution in [0.5, 0.6) is 0 Å². The molecule has 24 heteroatoms. The first-order chi connectivity index (χ1) is 21.2. The highest BCUT2D eigenvalue weighted by Gasteiger charge is 2.54. The lowest BCUT2D eigenvalue weighted by molar-refractivity contribution is -0.109. The Bertz CT molecular complexity index is 1460. The number of nitrogen functional groups attached to an aromatic ring is 1. The van der Waals surface area contributed by atoms with Gasteiger partial charge in [0.05, 0.1) is 25.6 Å². The van der Waals surface area contributed by atoms with Gasteiger partial charge in [0.25, 0.3) is 0 Å². The highest BCUT2D eigenvalue weighted by atomic mass is 31.3. The molecule has 0 aliphatic carbocycles. The van der Waals surface area contributed by atoms with E-state index in [0.29, 0.717) is 25.7 Å². The van der Waals surface area contributed by atoms with Gasteiger partial charge in [-0.05, 0) is 12.8 Å². The van der Waals surface area contributed by atoms with Crippen LogP contribution in [0.25, 0.3) is 11.2 Å². The Morgan fingerprint density at radius 2 is 1.62 bits per heavy atom. The number of fused-ring (bicyclic) bond motifs is 2. The monoisotopic (exact) mass is 684 g/mol. The number of ether oxygens (including phenoxy) is 3. The molecular weight excluding hydrogens is 650 g/mol. The van der Waals surface area contributed by atoms with Gasteiger partial charge in [0, 0.05) is 6.54 Å². The molecule has 0 bridgehead atoms. The summed E-state index contributed by atoms with van der Waals surface area (Å²) in [5, 5.41) is 31.5. The van der Waals surface area contributed by atoms with E-state index < -0.39 is 90.3 Å². The third kappa shape index (κ3) is 7.41. The number of aliphatic hydroxyl groups is 3. The van der Waals surface area contributed by atoms with Crippen molar-refractivity contribution in [1.82, 2.24) is 24.4 Å². The first-order valence-electron chi connectivity index (χ1n) is 13.5. The molecule has 3 aliphatic rings. The maximum atomic E-state index is 12.5. The van der Waals surface area contributed by atoms with E-state index in [1.807, 2.05) is 0 Å². The van der Waals surface area contributed by atoms with Gasteiger partial charge in [0.2, 0.25) is 0 Å². The zero-order valence-corrected chi connectivity index (χ0v) is 25.1. The molecule has 0 radical (unpaired) electrons. The van der Waals surface area contributed by atoms with Gasteiger partial charge in [0.15, 0.2) is 24.0 Å². The minimum atomic E-state index is -5.33. The van der Waals surface area contributed by atoms with Gasteiger partial charge in [0.1, 0.15) is 61.0 Å². The average molecular weight is 684 g/mol. The summed E-state index contributed by atoms with van der Waals surface area (Å²) in [6, 6.07) is -0.653. The van der Waals surface area contributed by atoms with E-state index in [2.05, 4.69) is 19.3 Å². The number of anilines is 1. The Kier molecular flexibility index (Phi) is 10.3. The number of aliphatic hydroxyl groups excluding tert-OH is 3. The molecule has 2 aromatic rings. The van der Waals surface area contributed by atoms with E-state index in [-0.39, 0.29) is 17.0 Å². The van der Waals surface area contributed by atoms with Crippen LogP contribution in [0.4, 0.5) is 5.82 Å². The standard InChI is InChI=1S/C21H34N8O14P2/c22-9(4-30)2-1-3-28-20-16(42-21(28)24)14(32)11(41-20)6-39-45(36,37)43-44(34,35)38-5-10-13(31)15(33)19(40-10)29-8-27-12-17(23)25-7-26-18(12)29/h4,7-11,13-16,19-21,31-33H,1-3,5-6,22,24H2,(H,34,35)(H,36,37)(H2,23,25,26)/t9-,10-,11-,13-,14-,15-,16-,19-,20+,21?/m1/s1. The Morgan fingerprint density at radius 3 is 2.29 bits per heavy atom. The number of hydrogen-bond acceptors (Lipinski definition) is 19. The van der Waals surface area contributed by atoms with Crippen molar-refractivity contribution in [2.45, 2.75) is 74.3 Å². The summed E-state index contributed by atoms with van der Waals surface area (Å²) in [7, 11) is -10.6. The third-order valence-electron chi connectivity index (χ3n) is 7.40. The highest BCUT2D eigenvalue weighted by molar-refractivity contribution is 7.61. The highest BCUT2D eigenvalue weighted by Crippen LogP contribution is 2.60. The molecule has 3 unspecified atom stereocenters. The van der Waals surface area contributed by atoms with Crippen LogP contribution >= 0.6 is 15.6 Å². The number of carbonyl (C=O) groups excluding carboxylic acids is 1. The predicted octanol–water partition coefficient (Wildman–Crippen LogP) is -3.39. The first kappa shape index (κ1) is 34.3. The summed E-state index contributed by atoms with van der Waals surface area (Å²) in [4.78, 5) is 44.3. The fourth-order valence-electron chi connectivity index (χ4n) is 5.15. The number of phosphoric acid groups is 2. The van der Waals surface area contributed by atoms with Crippen LogP contribution in [0.3, 0.4) is 0 Å². The van der Waals surface area contributed by atoms with Gasteiger partial charge in [-0.3, -0.25) is 19.3 Å². The molecule has 252 valence electrons. The van der Waals surface area contributed by atoms with Crippen molar-refractivity contribution in [2.75, 3.05) is 25.5 Å². The molecule has 2 aromatic heterocycles. The molecule has 3 fully saturated rings. The molecule has 0 saturated carbocycles. The number of carbonyl (C=O) groups is 1. The molecular formula is C21H34N8O14P2. The molecule has 45 heavy (non-hydrogen) atoms. The molecule has 0 aromatic carbocycles. The van der Waals surface area contributed by atoms with E-state index in [0.717, 1.165) is 6.33 Å². The minimum Gasteiger partial charge on any atom is -0.387 e. The second kappa shape index (κ2) is 13.6. The number of nitrogens with zero attached hydrogens (tertiary/aromatic N) is 5. The van der Waals surface area contributed by atoms with E-state index in [9.17, 15) is 39.0 Å². The maximum Gasteiger partial charge on any atom is 0.481 e. The van der Waals surface area contributed by atoms with Crippen LogP contribution in [-0.2, 0) is 41.5 Å². The molecule has 5 rings (SSSR count). The topological polar surface area (TPSA) is 333 Å². The number of phosphoric ester groups is 2. The minimum absolute atomic E-state index is 0.0602. The zero-order chi connectivity index (χ0) is 32.7. The molecule has 11 N–H and O–H groups in total.